The highest BCUT2D eigenvalue weighted by Crippen LogP contribution is 2.17. The fourth-order valence-corrected chi connectivity index (χ4v) is 2.02. The van der Waals surface area contributed by atoms with Crippen LogP contribution >= 0.6 is 15.9 Å². The minimum Gasteiger partial charge on any atom is -0.492 e. The third kappa shape index (κ3) is 6.99. The van der Waals surface area contributed by atoms with Crippen LogP contribution in [0.25, 0.3) is 0 Å². The van der Waals surface area contributed by atoms with E-state index in [0.717, 1.165) is 4.47 Å². The molecule has 0 fully saturated rings. The molecule has 1 unspecified atom stereocenters. The van der Waals surface area contributed by atoms with E-state index in [0.29, 0.717) is 25.2 Å². The van der Waals surface area contributed by atoms with E-state index in [4.69, 9.17) is 9.84 Å². The molecule has 0 saturated heterocycles. The molecule has 0 spiro atoms. The molecule has 1 rings (SSSR count). The van der Waals surface area contributed by atoms with Gasteiger partial charge in [0.2, 0.25) is 0 Å². The van der Waals surface area contributed by atoms with Crippen LogP contribution in [0.3, 0.4) is 0 Å². The molecular weight excluding hydrogens is 340 g/mol. The van der Waals surface area contributed by atoms with Gasteiger partial charge in [0.1, 0.15) is 18.4 Å². The molecule has 0 heterocycles. The van der Waals surface area contributed by atoms with E-state index >= 15 is 0 Å². The second-order valence-corrected chi connectivity index (χ2v) is 5.30. The number of amides is 2. The van der Waals surface area contributed by atoms with Crippen molar-refractivity contribution in [3.8, 4) is 5.75 Å². The number of carboxylic acid groups (broad SMARTS) is 1. The first-order chi connectivity index (χ1) is 10.0. The zero-order chi connectivity index (χ0) is 15.7. The second-order valence-electron chi connectivity index (χ2n) is 4.39. The quantitative estimate of drug-likeness (QED) is 0.622. The van der Waals surface area contributed by atoms with Gasteiger partial charge in [-0.3, -0.25) is 0 Å². The molecule has 2 amide bonds. The maximum atomic E-state index is 11.5. The molecule has 0 saturated carbocycles. The van der Waals surface area contributed by atoms with Crippen molar-refractivity contribution >= 4 is 27.9 Å². The molecule has 1 atom stereocenters. The maximum absolute atomic E-state index is 11.5. The number of hydrogen-bond donors (Lipinski definition) is 3. The lowest BCUT2D eigenvalue weighted by Gasteiger charge is -2.14. The van der Waals surface area contributed by atoms with Gasteiger partial charge in [-0.25, -0.2) is 9.59 Å². The molecule has 116 valence electrons. The van der Waals surface area contributed by atoms with E-state index in [9.17, 15) is 9.59 Å². The molecule has 6 nitrogen and oxygen atoms in total. The highest BCUT2D eigenvalue weighted by Gasteiger charge is 2.18. The summed E-state index contributed by atoms with van der Waals surface area (Å²) in [6.07, 6.45) is 1.08. The van der Waals surface area contributed by atoms with Crippen molar-refractivity contribution in [2.75, 3.05) is 13.2 Å². The SMILES string of the molecule is CCCC(NC(=O)NCCOc1cccc(Br)c1)C(=O)O. The molecule has 0 radical (unpaired) electrons. The highest BCUT2D eigenvalue weighted by atomic mass is 79.9. The summed E-state index contributed by atoms with van der Waals surface area (Å²) in [4.78, 5) is 22.4. The number of nitrogens with one attached hydrogen (secondary N) is 2. The fraction of sp³-hybridized carbons (Fsp3) is 0.429. The van der Waals surface area contributed by atoms with E-state index < -0.39 is 18.0 Å². The summed E-state index contributed by atoms with van der Waals surface area (Å²) >= 11 is 3.33. The lowest BCUT2D eigenvalue weighted by atomic mass is 10.2. The van der Waals surface area contributed by atoms with Crippen LogP contribution in [0.5, 0.6) is 5.75 Å². The zero-order valence-corrected chi connectivity index (χ0v) is 13.4. The van der Waals surface area contributed by atoms with E-state index in [1.54, 1.807) is 0 Å². The van der Waals surface area contributed by atoms with Crippen molar-refractivity contribution in [2.24, 2.45) is 0 Å². The van der Waals surface area contributed by atoms with Crippen LogP contribution in [0.2, 0.25) is 0 Å². The van der Waals surface area contributed by atoms with Crippen molar-refractivity contribution in [1.29, 1.82) is 0 Å². The number of halogens is 1. The predicted molar refractivity (Wildman–Crippen MR) is 82.5 cm³/mol. The summed E-state index contributed by atoms with van der Waals surface area (Å²) in [6, 6.07) is 6.00. The van der Waals surface area contributed by atoms with Gasteiger partial charge in [-0.05, 0) is 24.6 Å². The molecule has 21 heavy (non-hydrogen) atoms. The normalized spacial score (nSPS) is 11.5. The van der Waals surface area contributed by atoms with Gasteiger partial charge in [-0.1, -0.05) is 35.3 Å². The molecule has 0 aliphatic rings. The molecule has 1 aromatic carbocycles. The van der Waals surface area contributed by atoms with Gasteiger partial charge in [-0.2, -0.15) is 0 Å². The Labute approximate surface area is 132 Å². The first kappa shape index (κ1) is 17.3. The largest absolute Gasteiger partial charge is 0.492 e. The van der Waals surface area contributed by atoms with E-state index in [1.807, 2.05) is 31.2 Å². The number of hydrogen-bond acceptors (Lipinski definition) is 3. The van der Waals surface area contributed by atoms with Crippen LogP contribution in [-0.2, 0) is 4.79 Å². The third-order valence-electron chi connectivity index (χ3n) is 2.63. The smallest absolute Gasteiger partial charge is 0.326 e. The summed E-state index contributed by atoms with van der Waals surface area (Å²) in [5, 5.41) is 13.9. The Hall–Kier alpha value is -1.76. The summed E-state index contributed by atoms with van der Waals surface area (Å²) in [5.41, 5.74) is 0. The van der Waals surface area contributed by atoms with E-state index in [1.165, 1.54) is 0 Å². The van der Waals surface area contributed by atoms with Gasteiger partial charge in [0.05, 0.1) is 6.54 Å². The Morgan fingerprint density at radius 2 is 2.19 bits per heavy atom. The summed E-state index contributed by atoms with van der Waals surface area (Å²) in [6.45, 7) is 2.45. The first-order valence-corrected chi connectivity index (χ1v) is 7.47. The van der Waals surface area contributed by atoms with E-state index in [2.05, 4.69) is 26.6 Å². The van der Waals surface area contributed by atoms with Crippen LogP contribution in [0.15, 0.2) is 28.7 Å². The fourth-order valence-electron chi connectivity index (χ4n) is 1.65. The highest BCUT2D eigenvalue weighted by molar-refractivity contribution is 9.10. The number of rotatable bonds is 8. The van der Waals surface area contributed by atoms with Gasteiger partial charge >= 0.3 is 12.0 Å². The van der Waals surface area contributed by atoms with Crippen LogP contribution in [0.1, 0.15) is 19.8 Å². The van der Waals surface area contributed by atoms with Gasteiger partial charge < -0.3 is 20.5 Å². The van der Waals surface area contributed by atoms with Gasteiger partial charge in [0, 0.05) is 4.47 Å². The molecule has 1 aromatic rings. The Balaban J connectivity index is 2.25. The van der Waals surface area contributed by atoms with Crippen LogP contribution in [-0.4, -0.2) is 36.3 Å². The van der Waals surface area contributed by atoms with Gasteiger partial charge in [-0.15, -0.1) is 0 Å². The average molecular weight is 359 g/mol. The lowest BCUT2D eigenvalue weighted by molar-refractivity contribution is -0.139. The van der Waals surface area contributed by atoms with Crippen LogP contribution in [0.4, 0.5) is 4.79 Å². The van der Waals surface area contributed by atoms with Crippen molar-refractivity contribution in [3.63, 3.8) is 0 Å². The number of carbonyl (C=O) groups excluding carboxylic acids is 1. The Morgan fingerprint density at radius 3 is 2.81 bits per heavy atom. The summed E-state index contributed by atoms with van der Waals surface area (Å²) in [7, 11) is 0. The topological polar surface area (TPSA) is 87.7 Å². The number of carboxylic acids is 1. The number of aliphatic carboxylic acids is 1. The number of carbonyl (C=O) groups is 2. The minimum atomic E-state index is -1.03. The minimum absolute atomic E-state index is 0.289. The molecule has 3 N–H and O–H groups in total. The van der Waals surface area contributed by atoms with Crippen molar-refractivity contribution in [1.82, 2.24) is 10.6 Å². The van der Waals surface area contributed by atoms with E-state index in [-0.39, 0.29) is 6.54 Å². The standard InChI is InChI=1S/C14H19BrN2O4/c1-2-4-12(13(18)19)17-14(20)16-7-8-21-11-6-3-5-10(15)9-11/h3,5-6,9,12H,2,4,7-8H2,1H3,(H,18,19)(H2,16,17,20). The number of benzene rings is 1. The monoisotopic (exact) mass is 358 g/mol. The number of ether oxygens (including phenoxy) is 1. The van der Waals surface area contributed by atoms with Crippen molar-refractivity contribution in [2.45, 2.75) is 25.8 Å². The molecule has 0 aliphatic carbocycles. The molecule has 0 bridgehead atoms. The Bertz CT molecular complexity index is 482. The molecule has 0 aromatic heterocycles. The molecular formula is C14H19BrN2O4. The van der Waals surface area contributed by atoms with Crippen LogP contribution < -0.4 is 15.4 Å². The average Bonchev–Trinajstić information content (AvgIpc) is 2.43. The second kappa shape index (κ2) is 9.23. The number of urea groups is 1. The Morgan fingerprint density at radius 1 is 1.43 bits per heavy atom. The molecule has 0 aliphatic heterocycles. The van der Waals surface area contributed by atoms with Gasteiger partial charge in [0.15, 0.2) is 0 Å². The van der Waals surface area contributed by atoms with Crippen LogP contribution in [0, 0.1) is 0 Å². The zero-order valence-electron chi connectivity index (χ0n) is 11.8. The first-order valence-electron chi connectivity index (χ1n) is 6.68. The summed E-state index contributed by atoms with van der Waals surface area (Å²) in [5.74, 6) is -0.335. The maximum Gasteiger partial charge on any atom is 0.326 e. The molecule has 7 heteroatoms. The third-order valence-corrected chi connectivity index (χ3v) is 3.13. The predicted octanol–water partition coefficient (Wildman–Crippen LogP) is 2.38. The van der Waals surface area contributed by atoms with Gasteiger partial charge in [0.25, 0.3) is 0 Å². The van der Waals surface area contributed by atoms with Crippen molar-refractivity contribution in [3.05, 3.63) is 28.7 Å². The lowest BCUT2D eigenvalue weighted by Crippen LogP contribution is -2.46. The Kier molecular flexibility index (Phi) is 7.60. The van der Waals surface area contributed by atoms with Crippen molar-refractivity contribution < 1.29 is 19.4 Å². The summed E-state index contributed by atoms with van der Waals surface area (Å²) < 4.78 is 6.36.